The topological polar surface area (TPSA) is 63.8 Å². The number of aryl methyl sites for hydroxylation is 1. The van der Waals surface area contributed by atoms with Crippen LogP contribution in [-0.4, -0.2) is 16.0 Å². The van der Waals surface area contributed by atoms with E-state index in [1.807, 2.05) is 6.92 Å². The first-order valence-electron chi connectivity index (χ1n) is 7.16. The van der Waals surface area contributed by atoms with Crippen molar-refractivity contribution in [1.82, 2.24) is 9.97 Å². The second-order valence-corrected chi connectivity index (χ2v) is 5.83. The molecule has 5 heteroatoms. The zero-order valence-electron chi connectivity index (χ0n) is 11.7. The molecule has 0 aromatic carbocycles. The predicted molar refractivity (Wildman–Crippen MR) is 80.5 cm³/mol. The smallest absolute Gasteiger partial charge is 0.224 e. The Morgan fingerprint density at radius 3 is 2.58 bits per heavy atom. The molecule has 0 atom stereocenters. The number of aromatic nitrogens is 2. The van der Waals surface area contributed by atoms with Crippen molar-refractivity contribution in [3.63, 3.8) is 0 Å². The number of nitrogens with zero attached hydrogens (tertiary/aromatic N) is 2. The van der Waals surface area contributed by atoms with Gasteiger partial charge in [0.2, 0.25) is 5.28 Å². The Bertz CT molecular complexity index is 428. The number of hydrogen-bond acceptors (Lipinski definition) is 4. The third-order valence-electron chi connectivity index (χ3n) is 3.99. The van der Waals surface area contributed by atoms with E-state index < -0.39 is 0 Å². The summed E-state index contributed by atoms with van der Waals surface area (Å²) in [4.78, 5) is 8.25. The Balaban J connectivity index is 1.96. The molecular weight excluding hydrogens is 260 g/mol. The zero-order valence-corrected chi connectivity index (χ0v) is 12.5. The molecule has 0 saturated heterocycles. The van der Waals surface area contributed by atoms with E-state index in [2.05, 4.69) is 22.2 Å². The van der Waals surface area contributed by atoms with Crippen LogP contribution < -0.4 is 11.1 Å². The largest absolute Gasteiger partial charge is 0.394 e. The number of hydrogen-bond donors (Lipinski definition) is 2. The van der Waals surface area contributed by atoms with Gasteiger partial charge >= 0.3 is 0 Å². The molecule has 1 fully saturated rings. The summed E-state index contributed by atoms with van der Waals surface area (Å²) in [6.07, 6.45) is 7.60. The summed E-state index contributed by atoms with van der Waals surface area (Å²) in [6, 6.07) is 0.459. The Kier molecular flexibility index (Phi) is 4.86. The third-order valence-corrected chi connectivity index (χ3v) is 4.16. The highest BCUT2D eigenvalue weighted by molar-refractivity contribution is 6.28. The van der Waals surface area contributed by atoms with Gasteiger partial charge in [-0.25, -0.2) is 4.98 Å². The van der Waals surface area contributed by atoms with Crippen molar-refractivity contribution in [2.24, 2.45) is 5.92 Å². The van der Waals surface area contributed by atoms with Gasteiger partial charge in [0.25, 0.3) is 0 Å². The fourth-order valence-corrected chi connectivity index (χ4v) is 3.07. The van der Waals surface area contributed by atoms with Crippen LogP contribution in [0.3, 0.4) is 0 Å². The third kappa shape index (κ3) is 3.72. The Hall–Kier alpha value is -1.03. The summed E-state index contributed by atoms with van der Waals surface area (Å²) < 4.78 is 0. The summed E-state index contributed by atoms with van der Waals surface area (Å²) in [5.74, 6) is 1.59. The first-order chi connectivity index (χ1) is 9.10. The van der Waals surface area contributed by atoms with Crippen LogP contribution in [0.15, 0.2) is 0 Å². The van der Waals surface area contributed by atoms with Gasteiger partial charge in [-0.3, -0.25) is 0 Å². The molecule has 3 N–H and O–H groups in total. The molecule has 0 aliphatic heterocycles. The highest BCUT2D eigenvalue weighted by Gasteiger charge is 2.21. The second kappa shape index (κ2) is 6.42. The quantitative estimate of drug-likeness (QED) is 0.825. The van der Waals surface area contributed by atoms with Crippen LogP contribution in [0.2, 0.25) is 5.28 Å². The monoisotopic (exact) mass is 282 g/mol. The Morgan fingerprint density at radius 1 is 1.26 bits per heavy atom. The van der Waals surface area contributed by atoms with Gasteiger partial charge in [-0.2, -0.15) is 4.98 Å². The maximum Gasteiger partial charge on any atom is 0.224 e. The molecule has 2 rings (SSSR count). The van der Waals surface area contributed by atoms with Crippen molar-refractivity contribution in [3.8, 4) is 0 Å². The first kappa shape index (κ1) is 14.4. The van der Waals surface area contributed by atoms with Crippen LogP contribution in [0.5, 0.6) is 0 Å². The average Bonchev–Trinajstić information content (AvgIpc) is 2.38. The minimum Gasteiger partial charge on any atom is -0.394 e. The van der Waals surface area contributed by atoms with Crippen LogP contribution in [0, 0.1) is 12.8 Å². The summed E-state index contributed by atoms with van der Waals surface area (Å²) in [5.41, 5.74) is 7.35. The highest BCUT2D eigenvalue weighted by atomic mass is 35.5. The molecule has 1 saturated carbocycles. The fraction of sp³-hybridized carbons (Fsp3) is 0.714. The molecule has 0 bridgehead atoms. The van der Waals surface area contributed by atoms with Crippen molar-refractivity contribution < 1.29 is 0 Å². The zero-order chi connectivity index (χ0) is 13.8. The predicted octanol–water partition coefficient (Wildman–Crippen LogP) is 3.79. The van der Waals surface area contributed by atoms with Crippen molar-refractivity contribution in [2.75, 3.05) is 11.1 Å². The van der Waals surface area contributed by atoms with Crippen LogP contribution in [0.4, 0.5) is 11.5 Å². The minimum atomic E-state index is 0.258. The van der Waals surface area contributed by atoms with Crippen LogP contribution >= 0.6 is 11.6 Å². The maximum atomic E-state index is 6.00. The van der Waals surface area contributed by atoms with E-state index in [4.69, 9.17) is 17.3 Å². The molecule has 1 aromatic rings. The molecule has 4 nitrogen and oxygen atoms in total. The molecule has 19 heavy (non-hydrogen) atoms. The normalized spacial score (nSPS) is 23.3. The van der Waals surface area contributed by atoms with E-state index >= 15 is 0 Å². The van der Waals surface area contributed by atoms with Gasteiger partial charge in [0, 0.05) is 6.04 Å². The summed E-state index contributed by atoms with van der Waals surface area (Å²) >= 11 is 5.89. The summed E-state index contributed by atoms with van der Waals surface area (Å²) in [6.45, 7) is 4.11. The van der Waals surface area contributed by atoms with Crippen LogP contribution in [-0.2, 0) is 0 Å². The van der Waals surface area contributed by atoms with Gasteiger partial charge in [-0.05, 0) is 50.1 Å². The van der Waals surface area contributed by atoms with E-state index in [0.717, 1.165) is 11.6 Å². The molecule has 1 aromatic heterocycles. The molecular formula is C14H23ClN4. The molecule has 1 aliphatic carbocycles. The SMILES string of the molecule is CCCC1CCC(Nc2nc(Cl)nc(C)c2N)CC1. The van der Waals surface area contributed by atoms with E-state index in [0.29, 0.717) is 17.5 Å². The highest BCUT2D eigenvalue weighted by Crippen LogP contribution is 2.30. The number of nitrogen functional groups attached to an aromatic ring is 1. The molecule has 1 aliphatic rings. The fourth-order valence-electron chi connectivity index (χ4n) is 2.85. The van der Waals surface area contributed by atoms with E-state index in [9.17, 15) is 0 Å². The van der Waals surface area contributed by atoms with Gasteiger partial charge in [0.05, 0.1) is 11.4 Å². The Labute approximate surface area is 120 Å². The Morgan fingerprint density at radius 2 is 1.95 bits per heavy atom. The van der Waals surface area contributed by atoms with Crippen molar-refractivity contribution >= 4 is 23.1 Å². The number of rotatable bonds is 4. The first-order valence-corrected chi connectivity index (χ1v) is 7.54. The van der Waals surface area contributed by atoms with Gasteiger partial charge < -0.3 is 11.1 Å². The van der Waals surface area contributed by atoms with Gasteiger partial charge in [-0.15, -0.1) is 0 Å². The lowest BCUT2D eigenvalue weighted by Gasteiger charge is -2.29. The maximum absolute atomic E-state index is 6.00. The molecule has 0 amide bonds. The molecule has 0 unspecified atom stereocenters. The van der Waals surface area contributed by atoms with E-state index in [1.165, 1.54) is 38.5 Å². The molecule has 1 heterocycles. The van der Waals surface area contributed by atoms with Crippen molar-refractivity contribution in [2.45, 2.75) is 58.4 Å². The molecule has 0 radical (unpaired) electrons. The standard InChI is InChI=1S/C14H23ClN4/c1-3-4-10-5-7-11(8-6-10)18-13-12(16)9(2)17-14(15)19-13/h10-11H,3-8,16H2,1-2H3,(H,17,18,19). The van der Waals surface area contributed by atoms with E-state index in [-0.39, 0.29) is 5.28 Å². The summed E-state index contributed by atoms with van der Waals surface area (Å²) in [5, 5.41) is 3.69. The van der Waals surface area contributed by atoms with Crippen LogP contribution in [0.1, 0.15) is 51.1 Å². The van der Waals surface area contributed by atoms with Gasteiger partial charge in [0.15, 0.2) is 5.82 Å². The second-order valence-electron chi connectivity index (χ2n) is 5.49. The minimum absolute atomic E-state index is 0.258. The van der Waals surface area contributed by atoms with Gasteiger partial charge in [0.1, 0.15) is 0 Å². The van der Waals surface area contributed by atoms with Crippen molar-refractivity contribution in [3.05, 3.63) is 11.0 Å². The number of nitrogens with one attached hydrogen (secondary N) is 1. The lowest BCUT2D eigenvalue weighted by Crippen LogP contribution is -2.27. The number of nitrogens with two attached hydrogens (primary N) is 1. The number of halogens is 1. The summed E-state index contributed by atoms with van der Waals surface area (Å²) in [7, 11) is 0. The molecule has 106 valence electrons. The van der Waals surface area contributed by atoms with E-state index in [1.54, 1.807) is 0 Å². The average molecular weight is 283 g/mol. The van der Waals surface area contributed by atoms with Crippen LogP contribution in [0.25, 0.3) is 0 Å². The van der Waals surface area contributed by atoms with Crippen molar-refractivity contribution in [1.29, 1.82) is 0 Å². The number of anilines is 2. The molecule has 0 spiro atoms. The lowest BCUT2D eigenvalue weighted by atomic mass is 9.83. The van der Waals surface area contributed by atoms with Gasteiger partial charge in [-0.1, -0.05) is 19.8 Å². The lowest BCUT2D eigenvalue weighted by molar-refractivity contribution is 0.318.